The lowest BCUT2D eigenvalue weighted by Crippen LogP contribution is -2.19. The van der Waals surface area contributed by atoms with Crippen LogP contribution >= 0.6 is 0 Å². The normalized spacial score (nSPS) is 10.6. The van der Waals surface area contributed by atoms with E-state index in [-0.39, 0.29) is 6.42 Å². The lowest BCUT2D eigenvalue weighted by molar-refractivity contribution is -0.136. The first kappa shape index (κ1) is 15.7. The Morgan fingerprint density at radius 1 is 1.21 bits per heavy atom. The number of benzene rings is 1. The third-order valence-corrected chi connectivity index (χ3v) is 2.77. The van der Waals surface area contributed by atoms with Gasteiger partial charge in [-0.05, 0) is 17.5 Å². The van der Waals surface area contributed by atoms with Crippen molar-refractivity contribution < 1.29 is 14.6 Å². The zero-order valence-corrected chi connectivity index (χ0v) is 11.5. The first-order chi connectivity index (χ1) is 9.22. The van der Waals surface area contributed by atoms with Crippen molar-refractivity contribution >= 4 is 5.97 Å². The van der Waals surface area contributed by atoms with Gasteiger partial charge in [-0.2, -0.15) is 0 Å². The largest absolute Gasteiger partial charge is 0.481 e. The summed E-state index contributed by atoms with van der Waals surface area (Å²) in [5.74, 6) is -0.796. The van der Waals surface area contributed by atoms with Crippen LogP contribution in [0.4, 0.5) is 0 Å². The van der Waals surface area contributed by atoms with Crippen molar-refractivity contribution in [2.75, 3.05) is 19.8 Å². The number of carboxylic acid groups (broad SMARTS) is 1. The molecule has 0 aromatic heterocycles. The van der Waals surface area contributed by atoms with Gasteiger partial charge in [-0.15, -0.1) is 0 Å². The minimum atomic E-state index is -0.796. The molecular weight excluding hydrogens is 242 g/mol. The van der Waals surface area contributed by atoms with Crippen molar-refractivity contribution in [3.05, 3.63) is 35.4 Å². The summed E-state index contributed by atoms with van der Waals surface area (Å²) in [5.41, 5.74) is 1.99. The molecular formula is C15H23NO3. The molecule has 0 heterocycles. The molecule has 0 aliphatic heterocycles. The fourth-order valence-electron chi connectivity index (χ4n) is 1.68. The summed E-state index contributed by atoms with van der Waals surface area (Å²) in [6.45, 7) is 5.33. The zero-order valence-electron chi connectivity index (χ0n) is 11.5. The monoisotopic (exact) mass is 265 g/mol. The highest BCUT2D eigenvalue weighted by atomic mass is 16.5. The number of rotatable bonds is 10. The molecule has 0 aliphatic rings. The van der Waals surface area contributed by atoms with E-state index in [9.17, 15) is 4.79 Å². The molecule has 0 fully saturated rings. The third-order valence-electron chi connectivity index (χ3n) is 2.77. The number of ether oxygens (including phenoxy) is 1. The second kappa shape index (κ2) is 9.53. The van der Waals surface area contributed by atoms with E-state index in [2.05, 4.69) is 12.2 Å². The summed E-state index contributed by atoms with van der Waals surface area (Å²) in [6, 6.07) is 7.65. The molecule has 0 amide bonds. The highest BCUT2D eigenvalue weighted by molar-refractivity contribution is 5.70. The molecule has 2 N–H and O–H groups in total. The van der Waals surface area contributed by atoms with Crippen LogP contribution < -0.4 is 5.32 Å². The van der Waals surface area contributed by atoms with Gasteiger partial charge < -0.3 is 15.2 Å². The van der Waals surface area contributed by atoms with E-state index in [0.29, 0.717) is 0 Å². The zero-order chi connectivity index (χ0) is 13.9. The van der Waals surface area contributed by atoms with Gasteiger partial charge in [0.25, 0.3) is 0 Å². The van der Waals surface area contributed by atoms with E-state index >= 15 is 0 Å². The fourth-order valence-corrected chi connectivity index (χ4v) is 1.68. The molecule has 0 radical (unpaired) electrons. The van der Waals surface area contributed by atoms with Crippen molar-refractivity contribution in [2.24, 2.45) is 0 Å². The van der Waals surface area contributed by atoms with Gasteiger partial charge in [-0.3, -0.25) is 4.79 Å². The van der Waals surface area contributed by atoms with Crippen LogP contribution in [0.1, 0.15) is 30.9 Å². The van der Waals surface area contributed by atoms with Gasteiger partial charge in [0.1, 0.15) is 0 Å². The highest BCUT2D eigenvalue weighted by Crippen LogP contribution is 2.05. The Morgan fingerprint density at radius 2 is 1.89 bits per heavy atom. The molecule has 0 atom stereocenters. The van der Waals surface area contributed by atoms with Gasteiger partial charge in [0.2, 0.25) is 0 Å². The SMILES string of the molecule is CCCCOCCNCc1ccc(CC(=O)O)cc1. The number of carboxylic acids is 1. The van der Waals surface area contributed by atoms with Crippen LogP contribution in [0.25, 0.3) is 0 Å². The van der Waals surface area contributed by atoms with Gasteiger partial charge in [-0.1, -0.05) is 37.6 Å². The summed E-state index contributed by atoms with van der Waals surface area (Å²) < 4.78 is 5.45. The Morgan fingerprint density at radius 3 is 2.53 bits per heavy atom. The van der Waals surface area contributed by atoms with Crippen LogP contribution in [0.2, 0.25) is 0 Å². The number of carbonyl (C=O) groups is 1. The minimum absolute atomic E-state index is 0.0823. The Bertz CT molecular complexity index is 362. The molecule has 0 unspecified atom stereocenters. The topological polar surface area (TPSA) is 58.6 Å². The second-order valence-corrected chi connectivity index (χ2v) is 4.53. The van der Waals surface area contributed by atoms with E-state index in [1.807, 2.05) is 24.3 Å². The van der Waals surface area contributed by atoms with E-state index in [4.69, 9.17) is 9.84 Å². The Kier molecular flexibility index (Phi) is 7.86. The van der Waals surface area contributed by atoms with Gasteiger partial charge in [0, 0.05) is 19.7 Å². The predicted octanol–water partition coefficient (Wildman–Crippen LogP) is 2.22. The summed E-state index contributed by atoms with van der Waals surface area (Å²) in [6.07, 6.45) is 2.36. The fraction of sp³-hybridized carbons (Fsp3) is 0.533. The summed E-state index contributed by atoms with van der Waals surface area (Å²) >= 11 is 0. The molecule has 0 saturated heterocycles. The maximum Gasteiger partial charge on any atom is 0.307 e. The van der Waals surface area contributed by atoms with E-state index < -0.39 is 5.97 Å². The first-order valence-corrected chi connectivity index (χ1v) is 6.80. The Balaban J connectivity index is 2.14. The van der Waals surface area contributed by atoms with Crippen molar-refractivity contribution in [1.29, 1.82) is 0 Å². The maximum absolute atomic E-state index is 10.5. The Hall–Kier alpha value is -1.39. The van der Waals surface area contributed by atoms with Crippen molar-refractivity contribution in [2.45, 2.75) is 32.7 Å². The molecule has 0 spiro atoms. The Labute approximate surface area is 114 Å². The number of nitrogens with one attached hydrogen (secondary N) is 1. The lowest BCUT2D eigenvalue weighted by atomic mass is 10.1. The molecule has 1 aromatic carbocycles. The van der Waals surface area contributed by atoms with Crippen LogP contribution in [0.3, 0.4) is 0 Å². The summed E-state index contributed by atoms with van der Waals surface area (Å²) in [4.78, 5) is 10.5. The van der Waals surface area contributed by atoms with Crippen molar-refractivity contribution in [3.8, 4) is 0 Å². The van der Waals surface area contributed by atoms with E-state index in [1.165, 1.54) is 0 Å². The standard InChI is InChI=1S/C15H23NO3/c1-2-3-9-19-10-8-16-12-14-6-4-13(5-7-14)11-15(17)18/h4-7,16H,2-3,8-12H2,1H3,(H,17,18). The molecule has 106 valence electrons. The molecule has 4 nitrogen and oxygen atoms in total. The van der Waals surface area contributed by atoms with Gasteiger partial charge in [0.15, 0.2) is 0 Å². The van der Waals surface area contributed by atoms with E-state index in [0.717, 1.165) is 50.3 Å². The van der Waals surface area contributed by atoms with Crippen LogP contribution in [0.5, 0.6) is 0 Å². The average molecular weight is 265 g/mol. The van der Waals surface area contributed by atoms with Gasteiger partial charge in [-0.25, -0.2) is 0 Å². The maximum atomic E-state index is 10.5. The smallest absolute Gasteiger partial charge is 0.307 e. The van der Waals surface area contributed by atoms with Gasteiger partial charge in [0.05, 0.1) is 13.0 Å². The molecule has 0 aliphatic carbocycles. The molecule has 1 rings (SSSR count). The number of unbranched alkanes of at least 4 members (excludes halogenated alkanes) is 1. The number of hydrogen-bond acceptors (Lipinski definition) is 3. The summed E-state index contributed by atoms with van der Waals surface area (Å²) in [7, 11) is 0. The van der Waals surface area contributed by atoms with Crippen LogP contribution in [-0.2, 0) is 22.5 Å². The molecule has 0 bridgehead atoms. The van der Waals surface area contributed by atoms with E-state index in [1.54, 1.807) is 0 Å². The predicted molar refractivity (Wildman–Crippen MR) is 75.2 cm³/mol. The minimum Gasteiger partial charge on any atom is -0.481 e. The van der Waals surface area contributed by atoms with Crippen molar-refractivity contribution in [1.82, 2.24) is 5.32 Å². The molecule has 4 heteroatoms. The number of aliphatic carboxylic acids is 1. The van der Waals surface area contributed by atoms with Crippen molar-refractivity contribution in [3.63, 3.8) is 0 Å². The quantitative estimate of drug-likeness (QED) is 0.637. The molecule has 1 aromatic rings. The second-order valence-electron chi connectivity index (χ2n) is 4.53. The van der Waals surface area contributed by atoms with Crippen LogP contribution in [0.15, 0.2) is 24.3 Å². The van der Waals surface area contributed by atoms with Crippen LogP contribution in [0, 0.1) is 0 Å². The first-order valence-electron chi connectivity index (χ1n) is 6.80. The number of hydrogen-bond donors (Lipinski definition) is 2. The average Bonchev–Trinajstić information content (AvgIpc) is 2.39. The van der Waals surface area contributed by atoms with Crippen LogP contribution in [-0.4, -0.2) is 30.8 Å². The molecule has 19 heavy (non-hydrogen) atoms. The highest BCUT2D eigenvalue weighted by Gasteiger charge is 2.00. The lowest BCUT2D eigenvalue weighted by Gasteiger charge is -2.06. The van der Waals surface area contributed by atoms with Gasteiger partial charge >= 0.3 is 5.97 Å². The molecule has 0 saturated carbocycles. The summed E-state index contributed by atoms with van der Waals surface area (Å²) in [5, 5.41) is 12.0. The third kappa shape index (κ3) is 7.59.